The Kier molecular flexibility index (Phi) is 14.1. The summed E-state index contributed by atoms with van der Waals surface area (Å²) in [4.78, 5) is 70.1. The van der Waals surface area contributed by atoms with Crippen LogP contribution in [0, 0.1) is 24.7 Å². The van der Waals surface area contributed by atoms with Gasteiger partial charge in [-0.3, -0.25) is 33.6 Å². The molecule has 5 aromatic rings. The van der Waals surface area contributed by atoms with E-state index in [1.807, 2.05) is 49.1 Å². The molecule has 1 unspecified atom stereocenters. The van der Waals surface area contributed by atoms with Crippen LogP contribution in [0.5, 0.6) is 0 Å². The summed E-state index contributed by atoms with van der Waals surface area (Å²) in [6.07, 6.45) is 6.73. The van der Waals surface area contributed by atoms with Gasteiger partial charge >= 0.3 is 5.69 Å². The molecule has 4 fully saturated rings. The third kappa shape index (κ3) is 10.4. The maximum atomic E-state index is 13.5. The topological polar surface area (TPSA) is 150 Å². The van der Waals surface area contributed by atoms with Crippen molar-refractivity contribution in [2.24, 2.45) is 13.0 Å². The molecule has 9 rings (SSSR count). The molecule has 0 aliphatic carbocycles. The highest BCUT2D eigenvalue weighted by Crippen LogP contribution is 2.33. The molecule has 4 amide bonds. The zero-order valence-corrected chi connectivity index (χ0v) is 39.7. The normalized spacial score (nSPS) is 19.1. The van der Waals surface area contributed by atoms with E-state index in [9.17, 15) is 24.0 Å². The highest BCUT2D eigenvalue weighted by atomic mass is 32.1. The molecule has 13 nitrogen and oxygen atoms in total. The van der Waals surface area contributed by atoms with E-state index < -0.39 is 11.9 Å². The first-order valence-corrected chi connectivity index (χ1v) is 25.0. The molecule has 2 aromatic heterocycles. The summed E-state index contributed by atoms with van der Waals surface area (Å²) in [6, 6.07) is 22.1. The number of aryl methyl sites for hydroxylation is 2. The average molecular weight is 923 g/mol. The van der Waals surface area contributed by atoms with Gasteiger partial charge < -0.3 is 25.8 Å². The van der Waals surface area contributed by atoms with Gasteiger partial charge in [-0.05, 0) is 149 Å². The lowest BCUT2D eigenvalue weighted by atomic mass is 9.89. The minimum absolute atomic E-state index is 0.0817. The minimum atomic E-state index is -0.703. The SMILES string of the molecule is Cc1ccc(NC2CNC2)cc1C(=O)N[C@@H](C)c1ccc(C#CC2CCN(CCCCC(=O)N3CCC(c4ccc5c(c4)n(C)c(=O)n5C4CCC(=O)NC4=O)CC3)CC2)c(-c2cccs2)c1. The largest absolute Gasteiger partial charge is 0.380 e. The van der Waals surface area contributed by atoms with Crippen LogP contribution in [0.25, 0.3) is 21.5 Å². The lowest BCUT2D eigenvalue weighted by Gasteiger charge is -2.32. The molecule has 67 heavy (non-hydrogen) atoms. The van der Waals surface area contributed by atoms with Crippen molar-refractivity contribution in [3.63, 3.8) is 0 Å². The van der Waals surface area contributed by atoms with E-state index in [1.54, 1.807) is 23.0 Å². The van der Waals surface area contributed by atoms with Crippen molar-refractivity contribution in [2.75, 3.05) is 51.1 Å². The Bertz CT molecular complexity index is 2760. The molecular weight excluding hydrogens is 861 g/mol. The van der Waals surface area contributed by atoms with Crippen molar-refractivity contribution < 1.29 is 19.2 Å². The van der Waals surface area contributed by atoms with E-state index in [0.717, 1.165) is 128 Å². The van der Waals surface area contributed by atoms with E-state index in [2.05, 4.69) is 79.8 Å². The van der Waals surface area contributed by atoms with E-state index in [1.165, 1.54) is 4.57 Å². The number of imide groups is 1. The number of hydrogen-bond donors (Lipinski definition) is 4. The van der Waals surface area contributed by atoms with Crippen LogP contribution >= 0.6 is 11.3 Å². The summed E-state index contributed by atoms with van der Waals surface area (Å²) in [7, 11) is 1.72. The number of imidazole rings is 1. The fourth-order valence-corrected chi connectivity index (χ4v) is 10.9. The second-order valence-corrected chi connectivity index (χ2v) is 19.9. The molecule has 4 N–H and O–H groups in total. The predicted molar refractivity (Wildman–Crippen MR) is 264 cm³/mol. The van der Waals surface area contributed by atoms with Crippen molar-refractivity contribution in [3.8, 4) is 22.3 Å². The fraction of sp³-hybridized carbons (Fsp3) is 0.453. The number of piperidine rings is 3. The number of nitrogens with one attached hydrogen (secondary N) is 4. The molecule has 0 spiro atoms. The Morgan fingerprint density at radius 1 is 0.896 bits per heavy atom. The van der Waals surface area contributed by atoms with E-state index >= 15 is 0 Å². The van der Waals surface area contributed by atoms with E-state index in [0.29, 0.717) is 35.9 Å². The third-order valence-electron chi connectivity index (χ3n) is 14.4. The molecule has 0 radical (unpaired) electrons. The van der Waals surface area contributed by atoms with Gasteiger partial charge in [-0.25, -0.2) is 4.79 Å². The molecular formula is C53H62N8O5S. The van der Waals surface area contributed by atoms with Crippen LogP contribution in [-0.2, 0) is 21.4 Å². The number of unbranched alkanes of at least 4 members (excludes halogenated alkanes) is 1. The molecule has 4 aliphatic rings. The Morgan fingerprint density at radius 2 is 1.70 bits per heavy atom. The van der Waals surface area contributed by atoms with E-state index in [4.69, 9.17) is 0 Å². The second-order valence-electron chi connectivity index (χ2n) is 18.9. The first kappa shape index (κ1) is 46.1. The number of carbonyl (C=O) groups excluding carboxylic acids is 4. The molecule has 0 saturated carbocycles. The smallest absolute Gasteiger partial charge is 0.329 e. The van der Waals surface area contributed by atoms with E-state index in [-0.39, 0.29) is 41.8 Å². The highest BCUT2D eigenvalue weighted by molar-refractivity contribution is 7.13. The quantitative estimate of drug-likeness (QED) is 0.0569. The molecule has 6 heterocycles. The first-order chi connectivity index (χ1) is 32.5. The van der Waals surface area contributed by atoms with Gasteiger partial charge in [-0.1, -0.05) is 36.1 Å². The summed E-state index contributed by atoms with van der Waals surface area (Å²) in [5, 5.41) is 14.5. The van der Waals surface area contributed by atoms with Gasteiger partial charge in [0.05, 0.1) is 23.1 Å². The van der Waals surface area contributed by atoms with Gasteiger partial charge in [0.1, 0.15) is 6.04 Å². The van der Waals surface area contributed by atoms with Crippen molar-refractivity contribution in [3.05, 3.63) is 110 Å². The Morgan fingerprint density at radius 3 is 2.43 bits per heavy atom. The van der Waals surface area contributed by atoms with Crippen molar-refractivity contribution in [2.45, 2.75) is 95.7 Å². The number of aromatic nitrogens is 2. The molecule has 0 bridgehead atoms. The number of amides is 4. The van der Waals surface area contributed by atoms with Crippen LogP contribution in [0.2, 0.25) is 0 Å². The average Bonchev–Trinajstić information content (AvgIpc) is 3.95. The standard InChI is InChI=1S/C53H62N8O5S/c1-34-9-15-41(56-42-32-54-33-42)31-43(34)51(64)55-35(2)39-13-12-38(44(29-39)48-7-6-28-67-48)11-10-36-19-24-59(25-20-36)23-5-4-8-50(63)60-26-21-37(22-27-60)40-14-16-45-47(30-40)58(3)53(66)61(45)46-17-18-49(62)57-52(46)65/h6-7,9,12-16,28-31,35-37,42,46,54,56H,4-5,8,17-27,32-33H2,1-3H3,(H,55,64)(H,57,62,65)/t35-,46?/m0/s1. The van der Waals surface area contributed by atoms with Crippen LogP contribution in [0.15, 0.2) is 76.9 Å². The lowest BCUT2D eigenvalue weighted by Crippen LogP contribution is -2.51. The summed E-state index contributed by atoms with van der Waals surface area (Å²) in [5.41, 5.74) is 8.07. The highest BCUT2D eigenvalue weighted by Gasteiger charge is 2.32. The molecule has 3 aromatic carbocycles. The Hall–Kier alpha value is -6.01. The number of rotatable bonds is 13. The van der Waals surface area contributed by atoms with Crippen LogP contribution < -0.4 is 27.0 Å². The zero-order valence-electron chi connectivity index (χ0n) is 38.9. The van der Waals surface area contributed by atoms with Gasteiger partial charge in [-0.2, -0.15) is 0 Å². The summed E-state index contributed by atoms with van der Waals surface area (Å²) < 4.78 is 3.10. The van der Waals surface area contributed by atoms with Crippen LogP contribution in [0.1, 0.15) is 115 Å². The third-order valence-corrected chi connectivity index (χ3v) is 15.3. The number of hydrogen-bond acceptors (Lipinski definition) is 9. The molecule has 350 valence electrons. The van der Waals surface area contributed by atoms with Crippen LogP contribution in [-0.4, -0.2) is 94.4 Å². The van der Waals surface area contributed by atoms with Crippen molar-refractivity contribution in [1.82, 2.24) is 34.9 Å². The zero-order chi connectivity index (χ0) is 46.6. The maximum absolute atomic E-state index is 13.5. The van der Waals surface area contributed by atoms with Crippen molar-refractivity contribution >= 4 is 51.7 Å². The Labute approximate surface area is 396 Å². The number of benzene rings is 3. The number of anilines is 1. The Balaban J connectivity index is 0.718. The fourth-order valence-electron chi connectivity index (χ4n) is 10.1. The van der Waals surface area contributed by atoms with Gasteiger partial charge in [-0.15, -0.1) is 11.3 Å². The first-order valence-electron chi connectivity index (χ1n) is 24.1. The van der Waals surface area contributed by atoms with Crippen LogP contribution in [0.4, 0.5) is 5.69 Å². The van der Waals surface area contributed by atoms with Gasteiger partial charge in [0.2, 0.25) is 17.7 Å². The summed E-state index contributed by atoms with van der Waals surface area (Å²) in [5.74, 6) is 7.19. The van der Waals surface area contributed by atoms with Crippen molar-refractivity contribution in [1.29, 1.82) is 0 Å². The molecule has 4 aliphatic heterocycles. The maximum Gasteiger partial charge on any atom is 0.329 e. The summed E-state index contributed by atoms with van der Waals surface area (Å²) in [6.45, 7) is 10.3. The molecule has 4 saturated heterocycles. The number of likely N-dealkylation sites (tertiary alicyclic amines) is 2. The monoisotopic (exact) mass is 922 g/mol. The minimum Gasteiger partial charge on any atom is -0.380 e. The lowest BCUT2D eigenvalue weighted by molar-refractivity contribution is -0.136. The van der Waals surface area contributed by atoms with Gasteiger partial charge in [0.25, 0.3) is 5.91 Å². The number of fused-ring (bicyclic) bond motifs is 1. The predicted octanol–water partition coefficient (Wildman–Crippen LogP) is 6.87. The second kappa shape index (κ2) is 20.5. The van der Waals surface area contributed by atoms with Gasteiger partial charge in [0, 0.05) is 79.2 Å². The molecule has 2 atom stereocenters. The number of carbonyl (C=O) groups is 4. The summed E-state index contributed by atoms with van der Waals surface area (Å²) >= 11 is 1.70. The number of nitrogens with zero attached hydrogens (tertiary/aromatic N) is 4. The van der Waals surface area contributed by atoms with Crippen LogP contribution in [0.3, 0.4) is 0 Å². The van der Waals surface area contributed by atoms with Gasteiger partial charge in [0.15, 0.2) is 0 Å². The molecule has 14 heteroatoms. The number of thiophene rings is 1.